The maximum absolute atomic E-state index is 11.4. The molecule has 0 aromatic heterocycles. The Morgan fingerprint density at radius 2 is 2.31 bits per heavy atom. The highest BCUT2D eigenvalue weighted by molar-refractivity contribution is 5.96. The number of rotatable bonds is 4. The summed E-state index contributed by atoms with van der Waals surface area (Å²) in [6.45, 7) is 2.06. The van der Waals surface area contributed by atoms with Crippen LogP contribution in [0.2, 0.25) is 0 Å². The number of carbonyl (C=O) groups is 2. The maximum atomic E-state index is 11.4. The lowest BCUT2D eigenvalue weighted by Crippen LogP contribution is -2.57. The summed E-state index contributed by atoms with van der Waals surface area (Å²) in [5.41, 5.74) is 0. The van der Waals surface area contributed by atoms with Gasteiger partial charge < -0.3 is 5.32 Å². The van der Waals surface area contributed by atoms with Gasteiger partial charge in [-0.2, -0.15) is 5.10 Å². The molecule has 6 heteroatoms. The van der Waals surface area contributed by atoms with Crippen molar-refractivity contribution >= 4 is 18.2 Å². The summed E-state index contributed by atoms with van der Waals surface area (Å²) in [5.74, 6) is -0.189. The Kier molecular flexibility index (Phi) is 4.28. The minimum atomic E-state index is -0.376. The molecule has 16 heavy (non-hydrogen) atoms. The molecule has 0 aromatic rings. The second-order valence-electron chi connectivity index (χ2n) is 3.78. The highest BCUT2D eigenvalue weighted by Crippen LogP contribution is 2.08. The molecular formula is C10H18N4O2. The smallest absolute Gasteiger partial charge is 0.315 e. The Labute approximate surface area is 95.3 Å². The largest absolute Gasteiger partial charge is 0.325 e. The molecule has 1 rings (SSSR count). The maximum Gasteiger partial charge on any atom is 0.325 e. The number of nitrogens with one attached hydrogen (secondary N) is 1. The van der Waals surface area contributed by atoms with Gasteiger partial charge in [-0.05, 0) is 6.42 Å². The Morgan fingerprint density at radius 1 is 1.62 bits per heavy atom. The number of nitrogens with zero attached hydrogens (tertiary/aromatic N) is 3. The van der Waals surface area contributed by atoms with Crippen molar-refractivity contribution in [3.63, 3.8) is 0 Å². The van der Waals surface area contributed by atoms with E-state index < -0.39 is 0 Å². The van der Waals surface area contributed by atoms with Gasteiger partial charge in [-0.1, -0.05) is 13.3 Å². The van der Waals surface area contributed by atoms with Crippen molar-refractivity contribution in [1.82, 2.24) is 15.2 Å². The first-order chi connectivity index (χ1) is 7.56. The molecule has 1 saturated heterocycles. The van der Waals surface area contributed by atoms with Crippen molar-refractivity contribution in [2.24, 2.45) is 5.10 Å². The topological polar surface area (TPSA) is 65.0 Å². The predicted octanol–water partition coefficient (Wildman–Crippen LogP) is 0.602. The van der Waals surface area contributed by atoms with Gasteiger partial charge in [-0.15, -0.1) is 0 Å². The van der Waals surface area contributed by atoms with Crippen LogP contribution in [-0.2, 0) is 4.79 Å². The van der Waals surface area contributed by atoms with Crippen LogP contribution in [0.15, 0.2) is 5.10 Å². The molecule has 1 fully saturated rings. The minimum Gasteiger partial charge on any atom is -0.315 e. The third-order valence-electron chi connectivity index (χ3n) is 2.47. The summed E-state index contributed by atoms with van der Waals surface area (Å²) >= 11 is 0. The zero-order valence-corrected chi connectivity index (χ0v) is 9.93. The number of hydrogen-bond acceptors (Lipinski definition) is 4. The monoisotopic (exact) mass is 226 g/mol. The van der Waals surface area contributed by atoms with Crippen LogP contribution in [-0.4, -0.2) is 48.3 Å². The SMILES string of the molecule is CCC/C=N/N(C)C1CC(=O)N(C)C(=O)N1. The third-order valence-corrected chi connectivity index (χ3v) is 2.47. The Bertz CT molecular complexity index is 285. The highest BCUT2D eigenvalue weighted by Gasteiger charge is 2.30. The summed E-state index contributed by atoms with van der Waals surface area (Å²) in [6, 6.07) is -0.376. The molecule has 90 valence electrons. The number of amides is 3. The Balaban J connectivity index is 2.54. The molecule has 3 amide bonds. The Hall–Kier alpha value is -1.59. The molecule has 6 nitrogen and oxygen atoms in total. The summed E-state index contributed by atoms with van der Waals surface area (Å²) in [6.07, 6.45) is 3.61. The second kappa shape index (κ2) is 5.48. The van der Waals surface area contributed by atoms with Gasteiger partial charge in [-0.3, -0.25) is 14.7 Å². The molecule has 0 bridgehead atoms. The van der Waals surface area contributed by atoms with Gasteiger partial charge in [0.2, 0.25) is 5.91 Å². The molecule has 0 aliphatic carbocycles. The summed E-state index contributed by atoms with van der Waals surface area (Å²) in [7, 11) is 3.21. The van der Waals surface area contributed by atoms with E-state index in [4.69, 9.17) is 0 Å². The lowest BCUT2D eigenvalue weighted by Gasteiger charge is -2.32. The first-order valence-corrected chi connectivity index (χ1v) is 5.38. The van der Waals surface area contributed by atoms with Gasteiger partial charge in [-0.25, -0.2) is 4.79 Å². The molecule has 1 unspecified atom stereocenters. The average Bonchev–Trinajstić information content (AvgIpc) is 2.25. The third kappa shape index (κ3) is 2.95. The molecular weight excluding hydrogens is 208 g/mol. The van der Waals surface area contributed by atoms with Crippen LogP contribution in [0.5, 0.6) is 0 Å². The molecule has 1 aliphatic rings. The van der Waals surface area contributed by atoms with Gasteiger partial charge in [0.1, 0.15) is 6.17 Å². The van der Waals surface area contributed by atoms with Gasteiger partial charge in [0, 0.05) is 20.3 Å². The van der Waals surface area contributed by atoms with Crippen molar-refractivity contribution in [1.29, 1.82) is 0 Å². The number of carbonyl (C=O) groups excluding carboxylic acids is 2. The van der Waals surface area contributed by atoms with Crippen LogP contribution >= 0.6 is 0 Å². The van der Waals surface area contributed by atoms with Crippen molar-refractivity contribution < 1.29 is 9.59 Å². The average molecular weight is 226 g/mol. The fourth-order valence-electron chi connectivity index (χ4n) is 1.33. The summed E-state index contributed by atoms with van der Waals surface area (Å²) in [4.78, 5) is 23.9. The number of hydrazone groups is 1. The fourth-order valence-corrected chi connectivity index (χ4v) is 1.33. The molecule has 0 radical (unpaired) electrons. The normalized spacial score (nSPS) is 21.4. The zero-order valence-electron chi connectivity index (χ0n) is 9.93. The molecule has 1 N–H and O–H groups in total. The van der Waals surface area contributed by atoms with E-state index in [1.807, 2.05) is 0 Å². The van der Waals surface area contributed by atoms with Crippen molar-refractivity contribution in [3.05, 3.63) is 0 Å². The van der Waals surface area contributed by atoms with Gasteiger partial charge in [0.05, 0.1) is 6.42 Å². The molecule has 0 saturated carbocycles. The number of unbranched alkanes of at least 4 members (excludes halogenated alkanes) is 1. The van der Waals surface area contributed by atoms with Gasteiger partial charge in [0.15, 0.2) is 0 Å². The van der Waals surface area contributed by atoms with E-state index in [2.05, 4.69) is 17.3 Å². The Morgan fingerprint density at radius 3 is 2.88 bits per heavy atom. The van der Waals surface area contributed by atoms with Crippen LogP contribution in [0.25, 0.3) is 0 Å². The number of urea groups is 1. The van der Waals surface area contributed by atoms with E-state index in [9.17, 15) is 9.59 Å². The predicted molar refractivity (Wildman–Crippen MR) is 60.9 cm³/mol. The summed E-state index contributed by atoms with van der Waals surface area (Å²) in [5, 5.41) is 8.47. The van der Waals surface area contributed by atoms with Crippen LogP contribution in [0.3, 0.4) is 0 Å². The highest BCUT2D eigenvalue weighted by atomic mass is 16.2. The molecule has 0 aromatic carbocycles. The molecule has 0 spiro atoms. The van der Waals surface area contributed by atoms with Crippen molar-refractivity contribution in [2.45, 2.75) is 32.4 Å². The van der Waals surface area contributed by atoms with Crippen LogP contribution in [0.1, 0.15) is 26.2 Å². The quantitative estimate of drug-likeness (QED) is 0.564. The van der Waals surface area contributed by atoms with E-state index in [0.29, 0.717) is 0 Å². The zero-order chi connectivity index (χ0) is 12.1. The lowest BCUT2D eigenvalue weighted by molar-refractivity contribution is -0.130. The van der Waals surface area contributed by atoms with E-state index in [1.54, 1.807) is 18.3 Å². The number of imide groups is 1. The van der Waals surface area contributed by atoms with E-state index >= 15 is 0 Å². The molecule has 1 heterocycles. The molecule has 1 aliphatic heterocycles. The molecule has 1 atom stereocenters. The first kappa shape index (κ1) is 12.5. The number of hydrogen-bond donors (Lipinski definition) is 1. The van der Waals surface area contributed by atoms with Crippen LogP contribution < -0.4 is 5.32 Å². The van der Waals surface area contributed by atoms with E-state index in [0.717, 1.165) is 17.7 Å². The minimum absolute atomic E-state index is 0.189. The lowest BCUT2D eigenvalue weighted by atomic mass is 10.2. The fraction of sp³-hybridized carbons (Fsp3) is 0.700. The van der Waals surface area contributed by atoms with Crippen molar-refractivity contribution in [3.8, 4) is 0 Å². The van der Waals surface area contributed by atoms with Crippen LogP contribution in [0.4, 0.5) is 4.79 Å². The van der Waals surface area contributed by atoms with Gasteiger partial charge >= 0.3 is 6.03 Å². The van der Waals surface area contributed by atoms with Crippen LogP contribution in [0, 0.1) is 0 Å². The standard InChI is InChI=1S/C10H18N4O2/c1-4-5-6-11-14(3)8-7-9(15)13(2)10(16)12-8/h6,8H,4-5,7H2,1-3H3,(H,12,16)/b11-6+. The second-order valence-corrected chi connectivity index (χ2v) is 3.78. The first-order valence-electron chi connectivity index (χ1n) is 5.38. The summed E-state index contributed by atoms with van der Waals surface area (Å²) < 4.78 is 0. The van der Waals surface area contributed by atoms with Crippen molar-refractivity contribution in [2.75, 3.05) is 14.1 Å². The van der Waals surface area contributed by atoms with Gasteiger partial charge in [0.25, 0.3) is 0 Å². The van der Waals surface area contributed by atoms with E-state index in [1.165, 1.54) is 7.05 Å². The van der Waals surface area contributed by atoms with E-state index in [-0.39, 0.29) is 24.5 Å².